The molecule has 1 N–H and O–H groups in total. The summed E-state index contributed by atoms with van der Waals surface area (Å²) in [4.78, 5) is 22.8. The number of rotatable bonds is 4. The number of anilines is 2. The highest BCUT2D eigenvalue weighted by molar-refractivity contribution is 5.93. The van der Waals surface area contributed by atoms with Gasteiger partial charge in [0.1, 0.15) is 0 Å². The molecule has 8 nitrogen and oxygen atoms in total. The van der Waals surface area contributed by atoms with E-state index in [1.165, 1.54) is 0 Å². The van der Waals surface area contributed by atoms with Crippen molar-refractivity contribution < 1.29 is 9.32 Å². The Kier molecular flexibility index (Phi) is 5.18. The van der Waals surface area contributed by atoms with Crippen LogP contribution in [0.5, 0.6) is 0 Å². The summed E-state index contributed by atoms with van der Waals surface area (Å²) in [6.07, 6.45) is 0. The standard InChI is InChI=1S/C17H24N6O2/c1-13-18-16(25-20-13)12-22-8-10-23(11-9-22)17(24)19-14-6-4-5-7-15(14)21(2)3/h4-7H,8-12H2,1-3H3,(H,19,24). The first-order valence-corrected chi connectivity index (χ1v) is 8.37. The van der Waals surface area contributed by atoms with Gasteiger partial charge in [-0.15, -0.1) is 0 Å². The van der Waals surface area contributed by atoms with Crippen LogP contribution >= 0.6 is 0 Å². The third-order valence-electron chi connectivity index (χ3n) is 4.22. The Hall–Kier alpha value is -2.61. The molecule has 1 aromatic carbocycles. The molecule has 0 saturated carbocycles. The number of urea groups is 1. The van der Waals surface area contributed by atoms with Crippen LogP contribution < -0.4 is 10.2 Å². The molecule has 1 fully saturated rings. The van der Waals surface area contributed by atoms with E-state index in [1.54, 1.807) is 6.92 Å². The van der Waals surface area contributed by atoms with Gasteiger partial charge in [-0.3, -0.25) is 4.90 Å². The molecular weight excluding hydrogens is 320 g/mol. The van der Waals surface area contributed by atoms with Crippen LogP contribution in [0.3, 0.4) is 0 Å². The summed E-state index contributed by atoms with van der Waals surface area (Å²) in [5.41, 5.74) is 1.81. The lowest BCUT2D eigenvalue weighted by Gasteiger charge is -2.34. The number of amides is 2. The van der Waals surface area contributed by atoms with Crippen LogP contribution in [0, 0.1) is 6.92 Å². The van der Waals surface area contributed by atoms with Crippen molar-refractivity contribution in [2.75, 3.05) is 50.5 Å². The van der Waals surface area contributed by atoms with Crippen molar-refractivity contribution in [3.8, 4) is 0 Å². The second-order valence-corrected chi connectivity index (χ2v) is 6.34. The lowest BCUT2D eigenvalue weighted by atomic mass is 10.2. The zero-order valence-electron chi connectivity index (χ0n) is 14.9. The first-order chi connectivity index (χ1) is 12.0. The highest BCUT2D eigenvalue weighted by Crippen LogP contribution is 2.24. The van der Waals surface area contributed by atoms with Crippen LogP contribution in [-0.4, -0.2) is 66.2 Å². The summed E-state index contributed by atoms with van der Waals surface area (Å²) in [7, 11) is 3.92. The van der Waals surface area contributed by atoms with E-state index in [4.69, 9.17) is 4.52 Å². The average Bonchev–Trinajstić information content (AvgIpc) is 3.00. The smallest absolute Gasteiger partial charge is 0.321 e. The summed E-state index contributed by atoms with van der Waals surface area (Å²) in [5.74, 6) is 1.27. The number of carbonyl (C=O) groups excluding carboxylic acids is 1. The highest BCUT2D eigenvalue weighted by Gasteiger charge is 2.23. The van der Waals surface area contributed by atoms with Crippen molar-refractivity contribution in [2.45, 2.75) is 13.5 Å². The number of hydrogen-bond donors (Lipinski definition) is 1. The summed E-state index contributed by atoms with van der Waals surface area (Å²) in [6.45, 7) is 5.33. The monoisotopic (exact) mass is 344 g/mol. The Morgan fingerprint density at radius 1 is 1.24 bits per heavy atom. The number of benzene rings is 1. The van der Waals surface area contributed by atoms with Crippen molar-refractivity contribution in [2.24, 2.45) is 0 Å². The molecule has 8 heteroatoms. The fourth-order valence-electron chi connectivity index (χ4n) is 2.87. The molecule has 0 atom stereocenters. The molecule has 2 amide bonds. The number of piperazine rings is 1. The van der Waals surface area contributed by atoms with Crippen molar-refractivity contribution in [1.82, 2.24) is 19.9 Å². The molecule has 0 radical (unpaired) electrons. The van der Waals surface area contributed by atoms with E-state index in [0.717, 1.165) is 24.5 Å². The largest absolute Gasteiger partial charge is 0.376 e. The Balaban J connectivity index is 1.53. The van der Waals surface area contributed by atoms with Gasteiger partial charge in [0, 0.05) is 40.3 Å². The van der Waals surface area contributed by atoms with Crippen molar-refractivity contribution in [3.63, 3.8) is 0 Å². The van der Waals surface area contributed by atoms with Gasteiger partial charge < -0.3 is 19.6 Å². The van der Waals surface area contributed by atoms with E-state index < -0.39 is 0 Å². The summed E-state index contributed by atoms with van der Waals surface area (Å²) >= 11 is 0. The van der Waals surface area contributed by atoms with E-state index in [-0.39, 0.29) is 6.03 Å². The topological polar surface area (TPSA) is 77.7 Å². The van der Waals surface area contributed by atoms with Gasteiger partial charge in [0.05, 0.1) is 17.9 Å². The summed E-state index contributed by atoms with van der Waals surface area (Å²) in [6, 6.07) is 7.72. The minimum atomic E-state index is -0.0671. The number of para-hydroxylation sites is 2. The Morgan fingerprint density at radius 3 is 2.60 bits per heavy atom. The van der Waals surface area contributed by atoms with Gasteiger partial charge >= 0.3 is 6.03 Å². The summed E-state index contributed by atoms with van der Waals surface area (Å²) in [5, 5.41) is 6.82. The fraction of sp³-hybridized carbons (Fsp3) is 0.471. The zero-order chi connectivity index (χ0) is 17.8. The molecule has 2 aromatic rings. The van der Waals surface area contributed by atoms with Gasteiger partial charge in [0.25, 0.3) is 0 Å². The second kappa shape index (κ2) is 7.52. The molecule has 134 valence electrons. The third-order valence-corrected chi connectivity index (χ3v) is 4.22. The fourth-order valence-corrected chi connectivity index (χ4v) is 2.87. The van der Waals surface area contributed by atoms with Crippen LogP contribution in [0.25, 0.3) is 0 Å². The number of aromatic nitrogens is 2. The highest BCUT2D eigenvalue weighted by atomic mass is 16.5. The Morgan fingerprint density at radius 2 is 1.96 bits per heavy atom. The van der Waals surface area contributed by atoms with Crippen molar-refractivity contribution in [1.29, 1.82) is 0 Å². The maximum absolute atomic E-state index is 12.5. The zero-order valence-corrected chi connectivity index (χ0v) is 14.9. The van der Waals surface area contributed by atoms with Crippen LogP contribution in [-0.2, 0) is 6.54 Å². The van der Waals surface area contributed by atoms with Crippen molar-refractivity contribution >= 4 is 17.4 Å². The van der Waals surface area contributed by atoms with Crippen LogP contribution in [0.1, 0.15) is 11.7 Å². The molecular formula is C17H24N6O2. The second-order valence-electron chi connectivity index (χ2n) is 6.34. The Labute approximate surface area is 147 Å². The van der Waals surface area contributed by atoms with Gasteiger partial charge in [-0.1, -0.05) is 17.3 Å². The van der Waals surface area contributed by atoms with E-state index >= 15 is 0 Å². The van der Waals surface area contributed by atoms with Crippen LogP contribution in [0.15, 0.2) is 28.8 Å². The molecule has 0 spiro atoms. The maximum atomic E-state index is 12.5. The molecule has 25 heavy (non-hydrogen) atoms. The van der Waals surface area contributed by atoms with E-state index in [0.29, 0.717) is 31.3 Å². The molecule has 0 unspecified atom stereocenters. The molecule has 1 aliphatic heterocycles. The quantitative estimate of drug-likeness (QED) is 0.911. The predicted molar refractivity (Wildman–Crippen MR) is 95.7 cm³/mol. The number of hydrogen-bond acceptors (Lipinski definition) is 6. The Bertz CT molecular complexity index is 721. The lowest BCUT2D eigenvalue weighted by Crippen LogP contribution is -2.49. The summed E-state index contributed by atoms with van der Waals surface area (Å²) < 4.78 is 5.16. The minimum Gasteiger partial charge on any atom is -0.376 e. The molecule has 2 heterocycles. The third kappa shape index (κ3) is 4.27. The lowest BCUT2D eigenvalue weighted by molar-refractivity contribution is 0.133. The SMILES string of the molecule is Cc1noc(CN2CCN(C(=O)Nc3ccccc3N(C)C)CC2)n1. The van der Waals surface area contributed by atoms with Gasteiger partial charge in [-0.05, 0) is 19.1 Å². The average molecular weight is 344 g/mol. The molecule has 1 aromatic heterocycles. The van der Waals surface area contributed by atoms with Crippen LogP contribution in [0.2, 0.25) is 0 Å². The predicted octanol–water partition coefficient (Wildman–Crippen LogP) is 1.79. The van der Waals surface area contributed by atoms with E-state index in [2.05, 4.69) is 20.4 Å². The van der Waals surface area contributed by atoms with Crippen molar-refractivity contribution in [3.05, 3.63) is 36.0 Å². The molecule has 0 bridgehead atoms. The molecule has 1 aliphatic rings. The van der Waals surface area contributed by atoms with Gasteiger partial charge in [0.2, 0.25) is 5.89 Å². The maximum Gasteiger partial charge on any atom is 0.321 e. The number of carbonyl (C=O) groups is 1. The first kappa shape index (κ1) is 17.2. The van der Waals surface area contributed by atoms with Gasteiger partial charge in [-0.2, -0.15) is 4.98 Å². The minimum absolute atomic E-state index is 0.0671. The number of aryl methyl sites for hydroxylation is 1. The normalized spacial score (nSPS) is 15.2. The first-order valence-electron chi connectivity index (χ1n) is 8.37. The number of nitrogens with zero attached hydrogens (tertiary/aromatic N) is 5. The van der Waals surface area contributed by atoms with Gasteiger partial charge in [-0.25, -0.2) is 4.79 Å². The molecule has 0 aliphatic carbocycles. The van der Waals surface area contributed by atoms with E-state index in [1.807, 2.05) is 48.2 Å². The van der Waals surface area contributed by atoms with Gasteiger partial charge in [0.15, 0.2) is 5.82 Å². The van der Waals surface area contributed by atoms with Crippen LogP contribution in [0.4, 0.5) is 16.2 Å². The molecule has 3 rings (SSSR count). The van der Waals surface area contributed by atoms with E-state index in [9.17, 15) is 4.79 Å². The molecule has 1 saturated heterocycles. The number of nitrogens with one attached hydrogen (secondary N) is 1.